The Bertz CT molecular complexity index is 804. The van der Waals surface area contributed by atoms with Gasteiger partial charge in [0.2, 0.25) is 0 Å². The Labute approximate surface area is 158 Å². The van der Waals surface area contributed by atoms with Crippen LogP contribution in [-0.4, -0.2) is 23.9 Å². The number of amides is 2. The molecule has 0 atom stereocenters. The molecule has 0 saturated heterocycles. The summed E-state index contributed by atoms with van der Waals surface area (Å²) in [7, 11) is 0. The summed E-state index contributed by atoms with van der Waals surface area (Å²) in [5, 5.41) is 5.39. The van der Waals surface area contributed by atoms with E-state index in [0.29, 0.717) is 17.8 Å². The summed E-state index contributed by atoms with van der Waals surface area (Å²) in [4.78, 5) is 24.5. The average molecular weight is 380 g/mol. The summed E-state index contributed by atoms with van der Waals surface area (Å²) >= 11 is 0. The zero-order valence-corrected chi connectivity index (χ0v) is 15.7. The van der Waals surface area contributed by atoms with Crippen molar-refractivity contribution in [2.24, 2.45) is 5.73 Å². The third-order valence-corrected chi connectivity index (χ3v) is 3.57. The van der Waals surface area contributed by atoms with Gasteiger partial charge in [0, 0.05) is 23.3 Å². The van der Waals surface area contributed by atoms with Crippen LogP contribution in [-0.2, 0) is 0 Å². The van der Waals surface area contributed by atoms with E-state index >= 15 is 0 Å². The lowest BCUT2D eigenvalue weighted by Gasteiger charge is -2.19. The molecule has 0 aliphatic carbocycles. The highest BCUT2D eigenvalue weighted by atomic mass is 35.5. The van der Waals surface area contributed by atoms with E-state index in [-0.39, 0.29) is 23.9 Å². The van der Waals surface area contributed by atoms with Crippen molar-refractivity contribution >= 4 is 29.9 Å². The summed E-state index contributed by atoms with van der Waals surface area (Å²) in [5.41, 5.74) is 6.88. The van der Waals surface area contributed by atoms with E-state index in [9.17, 15) is 14.0 Å². The highest BCUT2D eigenvalue weighted by Crippen LogP contribution is 2.19. The molecule has 0 aromatic heterocycles. The van der Waals surface area contributed by atoms with Gasteiger partial charge < -0.3 is 16.4 Å². The predicted octanol–water partition coefficient (Wildman–Crippen LogP) is 3.28. The minimum atomic E-state index is -0.600. The Balaban J connectivity index is 0.00000338. The van der Waals surface area contributed by atoms with Crippen molar-refractivity contribution in [1.82, 2.24) is 5.32 Å². The van der Waals surface area contributed by atoms with E-state index < -0.39 is 17.3 Å². The van der Waals surface area contributed by atoms with Gasteiger partial charge in [0.1, 0.15) is 5.82 Å². The third kappa shape index (κ3) is 5.82. The maximum atomic E-state index is 13.7. The highest BCUT2D eigenvalue weighted by Gasteiger charge is 2.16. The molecular formula is C19H23ClFN3O2. The summed E-state index contributed by atoms with van der Waals surface area (Å²) in [5.74, 6) is -1.46. The van der Waals surface area contributed by atoms with E-state index in [2.05, 4.69) is 10.6 Å². The third-order valence-electron chi connectivity index (χ3n) is 3.57. The molecule has 4 N–H and O–H groups in total. The number of carbonyl (C=O) groups is 2. The van der Waals surface area contributed by atoms with Crippen molar-refractivity contribution in [3.05, 3.63) is 65.0 Å². The van der Waals surface area contributed by atoms with Gasteiger partial charge in [-0.25, -0.2) is 4.39 Å². The number of benzene rings is 2. The van der Waals surface area contributed by atoms with Crippen LogP contribution >= 0.6 is 12.4 Å². The number of aryl methyl sites for hydroxylation is 1. The number of carbonyl (C=O) groups excluding carboxylic acids is 2. The second-order valence-corrected chi connectivity index (χ2v) is 6.63. The molecule has 0 unspecified atom stereocenters. The Morgan fingerprint density at radius 2 is 1.77 bits per heavy atom. The van der Waals surface area contributed by atoms with Gasteiger partial charge in [0.25, 0.3) is 11.8 Å². The van der Waals surface area contributed by atoms with E-state index in [0.717, 1.165) is 5.56 Å². The molecular weight excluding hydrogens is 357 g/mol. The zero-order chi connectivity index (χ0) is 18.6. The van der Waals surface area contributed by atoms with Crippen LogP contribution in [0.15, 0.2) is 42.5 Å². The lowest BCUT2D eigenvalue weighted by Crippen LogP contribution is -2.45. The van der Waals surface area contributed by atoms with Gasteiger partial charge in [-0.2, -0.15) is 0 Å². The van der Waals surface area contributed by atoms with Crippen LogP contribution in [0, 0.1) is 12.7 Å². The van der Waals surface area contributed by atoms with Crippen LogP contribution in [0.5, 0.6) is 0 Å². The second kappa shape index (κ2) is 8.78. The molecule has 26 heavy (non-hydrogen) atoms. The van der Waals surface area contributed by atoms with Crippen LogP contribution in [0.3, 0.4) is 0 Å². The van der Waals surface area contributed by atoms with Crippen LogP contribution in [0.2, 0.25) is 0 Å². The molecule has 0 bridgehead atoms. The highest BCUT2D eigenvalue weighted by molar-refractivity contribution is 6.05. The minimum Gasteiger partial charge on any atom is -0.350 e. The molecule has 2 aromatic rings. The maximum Gasteiger partial charge on any atom is 0.258 e. The molecule has 5 nitrogen and oxygen atoms in total. The van der Waals surface area contributed by atoms with Gasteiger partial charge in [-0.3, -0.25) is 9.59 Å². The van der Waals surface area contributed by atoms with Crippen LogP contribution in [0.25, 0.3) is 0 Å². The summed E-state index contributed by atoms with van der Waals surface area (Å²) in [6.07, 6.45) is 0. The summed E-state index contributed by atoms with van der Waals surface area (Å²) in [6.45, 7) is 5.73. The van der Waals surface area contributed by atoms with Gasteiger partial charge in [-0.1, -0.05) is 18.2 Å². The fourth-order valence-corrected chi connectivity index (χ4v) is 2.14. The first kappa shape index (κ1) is 21.6. The standard InChI is InChI=1S/C19H22FN3O2.ClH/c1-12-8-9-13(17(24)22-11-19(2,3)21)10-16(12)23-18(25)14-6-4-5-7-15(14)20;/h4-10H,11,21H2,1-3H3,(H,22,24)(H,23,25);1H. The molecule has 0 spiro atoms. The van der Waals surface area contributed by atoms with Crippen molar-refractivity contribution in [1.29, 1.82) is 0 Å². The topological polar surface area (TPSA) is 84.2 Å². The Hall–Kier alpha value is -2.44. The predicted molar refractivity (Wildman–Crippen MR) is 103 cm³/mol. The van der Waals surface area contributed by atoms with E-state index in [4.69, 9.17) is 5.73 Å². The van der Waals surface area contributed by atoms with E-state index in [1.54, 1.807) is 31.2 Å². The van der Waals surface area contributed by atoms with Crippen molar-refractivity contribution in [2.75, 3.05) is 11.9 Å². The minimum absolute atomic E-state index is 0. The van der Waals surface area contributed by atoms with Crippen molar-refractivity contribution in [3.8, 4) is 0 Å². The first-order valence-electron chi connectivity index (χ1n) is 7.91. The normalized spacial score (nSPS) is 10.7. The van der Waals surface area contributed by atoms with Crippen LogP contribution in [0.1, 0.15) is 40.1 Å². The monoisotopic (exact) mass is 379 g/mol. The number of rotatable bonds is 5. The molecule has 0 radical (unpaired) electrons. The molecule has 7 heteroatoms. The van der Waals surface area contributed by atoms with Gasteiger partial charge in [-0.15, -0.1) is 12.4 Å². The van der Waals surface area contributed by atoms with E-state index in [1.807, 2.05) is 13.8 Å². The Morgan fingerprint density at radius 3 is 2.38 bits per heavy atom. The SMILES string of the molecule is Cc1ccc(C(=O)NCC(C)(C)N)cc1NC(=O)c1ccccc1F.Cl. The zero-order valence-electron chi connectivity index (χ0n) is 14.9. The lowest BCUT2D eigenvalue weighted by atomic mass is 10.1. The smallest absolute Gasteiger partial charge is 0.258 e. The summed E-state index contributed by atoms with van der Waals surface area (Å²) < 4.78 is 13.7. The lowest BCUT2D eigenvalue weighted by molar-refractivity contribution is 0.0944. The van der Waals surface area contributed by atoms with Gasteiger partial charge in [-0.05, 0) is 50.6 Å². The molecule has 0 aliphatic heterocycles. The van der Waals surface area contributed by atoms with Gasteiger partial charge in [0.05, 0.1) is 5.56 Å². The van der Waals surface area contributed by atoms with Crippen molar-refractivity contribution in [2.45, 2.75) is 26.3 Å². The van der Waals surface area contributed by atoms with Gasteiger partial charge >= 0.3 is 0 Å². The molecule has 0 fully saturated rings. The number of nitrogens with two attached hydrogens (primary N) is 1. The fraction of sp³-hybridized carbons (Fsp3) is 0.263. The van der Waals surface area contributed by atoms with Crippen molar-refractivity contribution in [3.63, 3.8) is 0 Å². The molecule has 2 rings (SSSR count). The fourth-order valence-electron chi connectivity index (χ4n) is 2.14. The number of anilines is 1. The molecule has 2 aromatic carbocycles. The number of nitrogens with one attached hydrogen (secondary N) is 2. The molecule has 0 saturated carbocycles. The number of hydrogen-bond donors (Lipinski definition) is 3. The quantitative estimate of drug-likeness (QED) is 0.745. The first-order chi connectivity index (χ1) is 11.7. The average Bonchev–Trinajstić information content (AvgIpc) is 2.54. The first-order valence-corrected chi connectivity index (χ1v) is 7.91. The Morgan fingerprint density at radius 1 is 1.12 bits per heavy atom. The molecule has 2 amide bonds. The largest absolute Gasteiger partial charge is 0.350 e. The van der Waals surface area contributed by atoms with E-state index in [1.165, 1.54) is 18.2 Å². The second-order valence-electron chi connectivity index (χ2n) is 6.63. The maximum absolute atomic E-state index is 13.7. The number of hydrogen-bond acceptors (Lipinski definition) is 3. The number of halogens is 2. The summed E-state index contributed by atoms with van der Waals surface area (Å²) in [6, 6.07) is 10.7. The van der Waals surface area contributed by atoms with Crippen LogP contribution in [0.4, 0.5) is 10.1 Å². The van der Waals surface area contributed by atoms with Gasteiger partial charge in [0.15, 0.2) is 0 Å². The molecule has 0 heterocycles. The molecule has 140 valence electrons. The molecule has 0 aliphatic rings. The Kier molecular flexibility index (Phi) is 7.29. The van der Waals surface area contributed by atoms with Crippen molar-refractivity contribution < 1.29 is 14.0 Å². The van der Waals surface area contributed by atoms with Crippen LogP contribution < -0.4 is 16.4 Å².